The number of carbonyl (C=O) groups is 1. The number of para-hydroxylation sites is 1. The standard InChI is InChI=1S/C30H24N2O2/c33-30(19-24-14-7-12-22-9-1-4-16-27(22)24)32-31-20-25-11-3-6-18-29(25)34-21-26-15-8-13-23-10-2-5-17-28(23)26/h1-18,20H,19,21H2,(H,32,33)/b31-20+. The Morgan fingerprint density at radius 2 is 1.29 bits per heavy atom. The zero-order valence-corrected chi connectivity index (χ0v) is 18.6. The Hall–Kier alpha value is -4.44. The highest BCUT2D eigenvalue weighted by molar-refractivity contribution is 5.91. The quantitative estimate of drug-likeness (QED) is 0.238. The number of nitrogens with zero attached hydrogens (tertiary/aromatic N) is 1. The summed E-state index contributed by atoms with van der Waals surface area (Å²) in [6, 6.07) is 36.2. The molecule has 34 heavy (non-hydrogen) atoms. The number of nitrogens with one attached hydrogen (secondary N) is 1. The van der Waals surface area contributed by atoms with Gasteiger partial charge in [0.1, 0.15) is 12.4 Å². The van der Waals surface area contributed by atoms with Gasteiger partial charge in [-0.1, -0.05) is 97.1 Å². The fraction of sp³-hybridized carbons (Fsp3) is 0.0667. The molecule has 0 bridgehead atoms. The largest absolute Gasteiger partial charge is 0.488 e. The van der Waals surface area contributed by atoms with Gasteiger partial charge in [0, 0.05) is 5.56 Å². The number of hydrazone groups is 1. The van der Waals surface area contributed by atoms with E-state index in [9.17, 15) is 4.79 Å². The normalized spacial score (nSPS) is 11.2. The second-order valence-corrected chi connectivity index (χ2v) is 8.07. The second-order valence-electron chi connectivity index (χ2n) is 8.07. The highest BCUT2D eigenvalue weighted by Gasteiger charge is 2.07. The minimum absolute atomic E-state index is 0.165. The number of fused-ring (bicyclic) bond motifs is 2. The van der Waals surface area contributed by atoms with Gasteiger partial charge in [0.05, 0.1) is 12.6 Å². The number of hydrogen-bond donors (Lipinski definition) is 1. The van der Waals surface area contributed by atoms with Crippen molar-refractivity contribution in [2.45, 2.75) is 13.0 Å². The maximum atomic E-state index is 12.5. The summed E-state index contributed by atoms with van der Waals surface area (Å²) in [5, 5.41) is 8.74. The van der Waals surface area contributed by atoms with E-state index in [2.05, 4.69) is 34.8 Å². The predicted octanol–water partition coefficient (Wildman–Crippen LogP) is 6.26. The van der Waals surface area contributed by atoms with E-state index in [0.717, 1.165) is 27.5 Å². The molecule has 0 aliphatic rings. The Morgan fingerprint density at radius 3 is 2.06 bits per heavy atom. The fourth-order valence-corrected chi connectivity index (χ4v) is 4.13. The van der Waals surface area contributed by atoms with Gasteiger partial charge in [-0.3, -0.25) is 4.79 Å². The lowest BCUT2D eigenvalue weighted by Crippen LogP contribution is -2.20. The molecule has 4 heteroatoms. The minimum Gasteiger partial charge on any atom is -0.488 e. The molecule has 0 atom stereocenters. The van der Waals surface area contributed by atoms with Crippen LogP contribution in [0.2, 0.25) is 0 Å². The molecule has 0 aromatic heterocycles. The van der Waals surface area contributed by atoms with Gasteiger partial charge in [0.2, 0.25) is 5.91 Å². The van der Waals surface area contributed by atoms with Crippen LogP contribution >= 0.6 is 0 Å². The van der Waals surface area contributed by atoms with Crippen LogP contribution in [0.5, 0.6) is 5.75 Å². The third-order valence-electron chi connectivity index (χ3n) is 5.81. The third-order valence-corrected chi connectivity index (χ3v) is 5.81. The average Bonchev–Trinajstić information content (AvgIpc) is 2.88. The highest BCUT2D eigenvalue weighted by atomic mass is 16.5. The molecule has 0 unspecified atom stereocenters. The van der Waals surface area contributed by atoms with E-state index >= 15 is 0 Å². The summed E-state index contributed by atoms with van der Waals surface area (Å²) < 4.78 is 6.13. The smallest absolute Gasteiger partial charge is 0.244 e. The molecule has 0 radical (unpaired) electrons. The molecule has 5 aromatic rings. The van der Waals surface area contributed by atoms with Crippen LogP contribution in [0, 0.1) is 0 Å². The van der Waals surface area contributed by atoms with Crippen molar-refractivity contribution in [2.75, 3.05) is 0 Å². The molecule has 0 aliphatic carbocycles. The van der Waals surface area contributed by atoms with Crippen molar-refractivity contribution < 1.29 is 9.53 Å². The molecule has 5 aromatic carbocycles. The lowest BCUT2D eigenvalue weighted by atomic mass is 10.0. The Kier molecular flexibility index (Phi) is 6.30. The average molecular weight is 445 g/mol. The first-order valence-corrected chi connectivity index (χ1v) is 11.2. The second kappa shape index (κ2) is 10.0. The molecule has 1 amide bonds. The van der Waals surface area contributed by atoms with E-state index in [-0.39, 0.29) is 12.3 Å². The first-order valence-electron chi connectivity index (χ1n) is 11.2. The van der Waals surface area contributed by atoms with Gasteiger partial charge < -0.3 is 4.74 Å². The lowest BCUT2D eigenvalue weighted by Gasteiger charge is -2.11. The van der Waals surface area contributed by atoms with Gasteiger partial charge in [0.25, 0.3) is 0 Å². The molecular formula is C30H24N2O2. The molecule has 4 nitrogen and oxygen atoms in total. The SMILES string of the molecule is O=C(Cc1cccc2ccccc12)N/N=C/c1ccccc1OCc1cccc2ccccc12. The lowest BCUT2D eigenvalue weighted by molar-refractivity contribution is -0.120. The molecule has 0 saturated heterocycles. The number of ether oxygens (including phenoxy) is 1. The number of rotatable bonds is 7. The van der Waals surface area contributed by atoms with Crippen LogP contribution in [0.1, 0.15) is 16.7 Å². The Balaban J connectivity index is 1.25. The van der Waals surface area contributed by atoms with Crippen molar-refractivity contribution >= 4 is 33.7 Å². The Morgan fingerprint density at radius 1 is 0.706 bits per heavy atom. The van der Waals surface area contributed by atoms with Crippen molar-refractivity contribution in [1.82, 2.24) is 5.43 Å². The zero-order chi connectivity index (χ0) is 23.2. The van der Waals surface area contributed by atoms with E-state index in [4.69, 9.17) is 4.74 Å². The summed E-state index contributed by atoms with van der Waals surface area (Å²) in [5.41, 5.74) is 5.54. The summed E-state index contributed by atoms with van der Waals surface area (Å²) in [5.74, 6) is 0.546. The van der Waals surface area contributed by atoms with E-state index in [0.29, 0.717) is 12.4 Å². The molecule has 0 saturated carbocycles. The number of amides is 1. The molecule has 0 fully saturated rings. The van der Waals surface area contributed by atoms with Crippen molar-refractivity contribution in [3.63, 3.8) is 0 Å². The van der Waals surface area contributed by atoms with Crippen molar-refractivity contribution in [3.05, 3.63) is 126 Å². The van der Waals surface area contributed by atoms with Crippen LogP contribution in [-0.2, 0) is 17.8 Å². The van der Waals surface area contributed by atoms with Crippen LogP contribution in [0.15, 0.2) is 114 Å². The van der Waals surface area contributed by atoms with Crippen LogP contribution in [0.4, 0.5) is 0 Å². The van der Waals surface area contributed by atoms with Crippen molar-refractivity contribution in [2.24, 2.45) is 5.10 Å². The van der Waals surface area contributed by atoms with Gasteiger partial charge in [-0.05, 0) is 44.8 Å². The minimum atomic E-state index is -0.165. The first-order chi connectivity index (χ1) is 16.8. The van der Waals surface area contributed by atoms with E-state index in [1.54, 1.807) is 6.21 Å². The van der Waals surface area contributed by atoms with Gasteiger partial charge in [-0.15, -0.1) is 0 Å². The fourth-order valence-electron chi connectivity index (χ4n) is 4.13. The highest BCUT2D eigenvalue weighted by Crippen LogP contribution is 2.22. The molecule has 5 rings (SSSR count). The predicted molar refractivity (Wildman–Crippen MR) is 138 cm³/mol. The summed E-state index contributed by atoms with van der Waals surface area (Å²) in [6.45, 7) is 0.444. The first kappa shape index (κ1) is 21.4. The number of hydrogen-bond acceptors (Lipinski definition) is 3. The van der Waals surface area contributed by atoms with Crippen LogP contribution in [0.3, 0.4) is 0 Å². The van der Waals surface area contributed by atoms with Crippen LogP contribution < -0.4 is 10.2 Å². The van der Waals surface area contributed by atoms with E-state index in [1.165, 1.54) is 10.8 Å². The molecule has 0 spiro atoms. The number of benzene rings is 5. The zero-order valence-electron chi connectivity index (χ0n) is 18.6. The van der Waals surface area contributed by atoms with Crippen molar-refractivity contribution in [1.29, 1.82) is 0 Å². The molecular weight excluding hydrogens is 420 g/mol. The monoisotopic (exact) mass is 444 g/mol. The number of carbonyl (C=O) groups excluding carboxylic acids is 1. The summed E-state index contributed by atoms with van der Waals surface area (Å²) in [6.07, 6.45) is 1.89. The van der Waals surface area contributed by atoms with E-state index < -0.39 is 0 Å². The van der Waals surface area contributed by atoms with Crippen molar-refractivity contribution in [3.8, 4) is 5.75 Å². The van der Waals surface area contributed by atoms with Crippen LogP contribution in [0.25, 0.3) is 21.5 Å². The molecule has 1 N–H and O–H groups in total. The van der Waals surface area contributed by atoms with Gasteiger partial charge in [-0.25, -0.2) is 5.43 Å². The third kappa shape index (κ3) is 4.81. The van der Waals surface area contributed by atoms with Gasteiger partial charge in [-0.2, -0.15) is 5.10 Å². The van der Waals surface area contributed by atoms with Gasteiger partial charge >= 0.3 is 0 Å². The molecule has 0 heterocycles. The summed E-state index contributed by atoms with van der Waals surface area (Å²) in [7, 11) is 0. The van der Waals surface area contributed by atoms with Gasteiger partial charge in [0.15, 0.2) is 0 Å². The topological polar surface area (TPSA) is 50.7 Å². The Labute approximate surface area is 198 Å². The summed E-state index contributed by atoms with van der Waals surface area (Å²) in [4.78, 5) is 12.5. The summed E-state index contributed by atoms with van der Waals surface area (Å²) >= 11 is 0. The Bertz CT molecular complexity index is 1480. The maximum Gasteiger partial charge on any atom is 0.244 e. The van der Waals surface area contributed by atoms with Crippen LogP contribution in [-0.4, -0.2) is 12.1 Å². The van der Waals surface area contributed by atoms with E-state index in [1.807, 2.05) is 84.9 Å². The maximum absolute atomic E-state index is 12.5. The molecule has 0 aliphatic heterocycles. The molecule has 166 valence electrons.